The van der Waals surface area contributed by atoms with Gasteiger partial charge in [-0.05, 0) is 18.4 Å². The Kier molecular flexibility index (Phi) is 9.98. The molecule has 0 aliphatic rings. The van der Waals surface area contributed by atoms with Gasteiger partial charge in [-0.1, -0.05) is 0 Å². The van der Waals surface area contributed by atoms with Crippen LogP contribution in [0.15, 0.2) is 0 Å². The Labute approximate surface area is 126 Å². The average molecular weight is 320 g/mol. The van der Waals surface area contributed by atoms with E-state index in [4.69, 9.17) is 10.8 Å². The summed E-state index contributed by atoms with van der Waals surface area (Å²) in [6.45, 7) is -1.05. The zero-order valence-corrected chi connectivity index (χ0v) is 12.5. The van der Waals surface area contributed by atoms with E-state index in [0.29, 0.717) is 12.2 Å². The molecule has 0 saturated carbocycles. The fourth-order valence-electron chi connectivity index (χ4n) is 1.29. The summed E-state index contributed by atoms with van der Waals surface area (Å²) in [5.41, 5.74) is 5.08. The van der Waals surface area contributed by atoms with Crippen LogP contribution in [0.4, 0.5) is 0 Å². The SMILES string of the molecule is CSCCC(NC(=O)CNC(=O)CN)C(=O)NCC(=O)O. The number of carboxylic acid groups (broad SMARTS) is 1. The van der Waals surface area contributed by atoms with Gasteiger partial charge in [0.15, 0.2) is 0 Å². The molecule has 0 rings (SSSR count). The van der Waals surface area contributed by atoms with Gasteiger partial charge in [0.25, 0.3) is 0 Å². The van der Waals surface area contributed by atoms with Crippen LogP contribution in [0, 0.1) is 0 Å². The molecule has 1 atom stereocenters. The van der Waals surface area contributed by atoms with Crippen LogP contribution in [0.2, 0.25) is 0 Å². The van der Waals surface area contributed by atoms with Gasteiger partial charge in [0, 0.05) is 0 Å². The molecular formula is C11H20N4O5S. The highest BCUT2D eigenvalue weighted by molar-refractivity contribution is 7.98. The van der Waals surface area contributed by atoms with Crippen molar-refractivity contribution in [1.29, 1.82) is 0 Å². The zero-order chi connectivity index (χ0) is 16.3. The van der Waals surface area contributed by atoms with Gasteiger partial charge in [0.05, 0.1) is 13.1 Å². The lowest BCUT2D eigenvalue weighted by Crippen LogP contribution is -2.50. The second kappa shape index (κ2) is 10.9. The highest BCUT2D eigenvalue weighted by Gasteiger charge is 2.20. The van der Waals surface area contributed by atoms with E-state index in [-0.39, 0.29) is 13.1 Å². The Bertz CT molecular complexity index is 391. The summed E-state index contributed by atoms with van der Waals surface area (Å²) < 4.78 is 0. The van der Waals surface area contributed by atoms with Crippen LogP contribution in [0.3, 0.4) is 0 Å². The fourth-order valence-corrected chi connectivity index (χ4v) is 1.76. The minimum Gasteiger partial charge on any atom is -0.480 e. The molecule has 0 aliphatic carbocycles. The van der Waals surface area contributed by atoms with Gasteiger partial charge in [0.1, 0.15) is 12.6 Å². The monoisotopic (exact) mass is 320 g/mol. The van der Waals surface area contributed by atoms with Gasteiger partial charge in [-0.15, -0.1) is 0 Å². The number of thioether (sulfide) groups is 1. The van der Waals surface area contributed by atoms with E-state index in [0.717, 1.165) is 0 Å². The Morgan fingerprint density at radius 1 is 1.14 bits per heavy atom. The number of carboxylic acids is 1. The normalized spacial score (nSPS) is 11.3. The van der Waals surface area contributed by atoms with Crippen molar-refractivity contribution in [2.75, 3.05) is 31.6 Å². The third-order valence-corrected chi connectivity index (χ3v) is 2.95. The van der Waals surface area contributed by atoms with Crippen molar-refractivity contribution in [1.82, 2.24) is 16.0 Å². The van der Waals surface area contributed by atoms with Crippen LogP contribution in [-0.2, 0) is 19.2 Å². The molecule has 3 amide bonds. The third-order valence-electron chi connectivity index (χ3n) is 2.31. The van der Waals surface area contributed by atoms with E-state index in [9.17, 15) is 19.2 Å². The topological polar surface area (TPSA) is 151 Å². The van der Waals surface area contributed by atoms with E-state index < -0.39 is 36.3 Å². The van der Waals surface area contributed by atoms with E-state index >= 15 is 0 Å². The molecule has 0 fully saturated rings. The van der Waals surface area contributed by atoms with Gasteiger partial charge >= 0.3 is 5.97 Å². The molecule has 0 aliphatic heterocycles. The number of aliphatic carboxylic acids is 1. The van der Waals surface area contributed by atoms with Gasteiger partial charge in [-0.2, -0.15) is 11.8 Å². The van der Waals surface area contributed by atoms with Gasteiger partial charge in [-0.3, -0.25) is 19.2 Å². The second-order valence-electron chi connectivity index (χ2n) is 3.99. The number of carbonyl (C=O) groups is 4. The minimum absolute atomic E-state index is 0.234. The van der Waals surface area contributed by atoms with Crippen molar-refractivity contribution in [3.05, 3.63) is 0 Å². The van der Waals surface area contributed by atoms with E-state index in [2.05, 4.69) is 16.0 Å². The quantitative estimate of drug-likeness (QED) is 0.298. The molecule has 1 unspecified atom stereocenters. The first-order valence-electron chi connectivity index (χ1n) is 6.15. The molecule has 0 spiro atoms. The van der Waals surface area contributed by atoms with Crippen LogP contribution in [0.25, 0.3) is 0 Å². The molecular weight excluding hydrogens is 300 g/mol. The summed E-state index contributed by atoms with van der Waals surface area (Å²) in [4.78, 5) is 44.7. The first kappa shape index (κ1) is 19.2. The molecule has 0 aromatic rings. The standard InChI is InChI=1S/C11H20N4O5S/c1-21-3-2-7(11(20)14-6-10(18)19)15-9(17)5-13-8(16)4-12/h7H,2-6,12H2,1H3,(H,13,16)(H,14,20)(H,15,17)(H,18,19). The highest BCUT2D eigenvalue weighted by atomic mass is 32.2. The minimum atomic E-state index is -1.17. The number of hydrogen-bond donors (Lipinski definition) is 5. The van der Waals surface area contributed by atoms with E-state index in [1.54, 1.807) is 0 Å². The Morgan fingerprint density at radius 2 is 1.81 bits per heavy atom. The number of nitrogens with one attached hydrogen (secondary N) is 3. The maximum atomic E-state index is 11.8. The lowest BCUT2D eigenvalue weighted by Gasteiger charge is -2.17. The van der Waals surface area contributed by atoms with Gasteiger partial charge in [0.2, 0.25) is 17.7 Å². The smallest absolute Gasteiger partial charge is 0.322 e. The molecule has 0 aromatic carbocycles. The van der Waals surface area contributed by atoms with Crippen LogP contribution >= 0.6 is 11.8 Å². The number of carbonyl (C=O) groups excluding carboxylic acids is 3. The zero-order valence-electron chi connectivity index (χ0n) is 11.7. The predicted molar refractivity (Wildman–Crippen MR) is 77.6 cm³/mol. The summed E-state index contributed by atoms with van der Waals surface area (Å²) in [6.07, 6.45) is 2.19. The van der Waals surface area contributed by atoms with Crippen molar-refractivity contribution >= 4 is 35.5 Å². The van der Waals surface area contributed by atoms with Gasteiger partial charge < -0.3 is 26.8 Å². The Morgan fingerprint density at radius 3 is 2.33 bits per heavy atom. The maximum Gasteiger partial charge on any atom is 0.322 e. The van der Waals surface area contributed by atoms with Crippen LogP contribution in [-0.4, -0.2) is 66.5 Å². The number of hydrogen-bond acceptors (Lipinski definition) is 6. The first-order valence-corrected chi connectivity index (χ1v) is 7.54. The highest BCUT2D eigenvalue weighted by Crippen LogP contribution is 2.01. The molecule has 120 valence electrons. The number of amides is 3. The lowest BCUT2D eigenvalue weighted by molar-refractivity contribution is -0.138. The lowest BCUT2D eigenvalue weighted by atomic mass is 10.2. The average Bonchev–Trinajstić information content (AvgIpc) is 2.46. The molecule has 0 saturated heterocycles. The molecule has 0 bridgehead atoms. The van der Waals surface area contributed by atoms with E-state index in [1.807, 2.05) is 6.26 Å². The maximum absolute atomic E-state index is 11.8. The second-order valence-corrected chi connectivity index (χ2v) is 4.98. The van der Waals surface area contributed by atoms with Crippen molar-refractivity contribution in [3.63, 3.8) is 0 Å². The van der Waals surface area contributed by atoms with Crippen LogP contribution in [0.1, 0.15) is 6.42 Å². The summed E-state index contributed by atoms with van der Waals surface area (Å²) >= 11 is 1.49. The van der Waals surface area contributed by atoms with Crippen molar-refractivity contribution < 1.29 is 24.3 Å². The van der Waals surface area contributed by atoms with Crippen molar-refractivity contribution in [2.24, 2.45) is 5.73 Å². The number of rotatable bonds is 10. The Balaban J connectivity index is 4.39. The molecule has 6 N–H and O–H groups in total. The van der Waals surface area contributed by atoms with Crippen molar-refractivity contribution in [3.8, 4) is 0 Å². The molecule has 9 nitrogen and oxygen atoms in total. The Hall–Kier alpha value is -1.81. The number of nitrogens with two attached hydrogens (primary N) is 1. The predicted octanol–water partition coefficient (Wildman–Crippen LogP) is -2.50. The molecule has 21 heavy (non-hydrogen) atoms. The van der Waals surface area contributed by atoms with Crippen molar-refractivity contribution in [2.45, 2.75) is 12.5 Å². The molecule has 10 heteroatoms. The van der Waals surface area contributed by atoms with Crippen LogP contribution in [0.5, 0.6) is 0 Å². The van der Waals surface area contributed by atoms with Crippen LogP contribution < -0.4 is 21.7 Å². The molecule has 0 aromatic heterocycles. The molecule has 0 heterocycles. The largest absolute Gasteiger partial charge is 0.480 e. The van der Waals surface area contributed by atoms with Gasteiger partial charge in [-0.25, -0.2) is 0 Å². The third kappa shape index (κ3) is 9.68. The first-order chi connectivity index (χ1) is 9.90. The summed E-state index contributed by atoms with van der Waals surface area (Å²) in [7, 11) is 0. The fraction of sp³-hybridized carbons (Fsp3) is 0.636. The van der Waals surface area contributed by atoms with E-state index in [1.165, 1.54) is 11.8 Å². The molecule has 0 radical (unpaired) electrons. The summed E-state index contributed by atoms with van der Waals surface area (Å²) in [5.74, 6) is -2.17. The summed E-state index contributed by atoms with van der Waals surface area (Å²) in [6, 6.07) is -0.848. The summed E-state index contributed by atoms with van der Waals surface area (Å²) in [5, 5.41) is 15.4.